The molecule has 0 saturated heterocycles. The van der Waals surface area contributed by atoms with E-state index in [4.69, 9.17) is 0 Å². The smallest absolute Gasteiger partial charge is 0.123 e. The van der Waals surface area contributed by atoms with E-state index < -0.39 is 6.10 Å². The van der Waals surface area contributed by atoms with Crippen molar-refractivity contribution in [2.24, 2.45) is 5.92 Å². The third-order valence-electron chi connectivity index (χ3n) is 3.37. The third-order valence-corrected chi connectivity index (χ3v) is 3.37. The van der Waals surface area contributed by atoms with E-state index in [0.29, 0.717) is 18.5 Å². The highest BCUT2D eigenvalue weighted by Crippen LogP contribution is 2.14. The van der Waals surface area contributed by atoms with Crippen LogP contribution >= 0.6 is 0 Å². The minimum atomic E-state index is -0.579. The lowest BCUT2D eigenvalue weighted by Gasteiger charge is -2.20. The molecule has 0 radical (unpaired) electrons. The van der Waals surface area contributed by atoms with Gasteiger partial charge in [-0.1, -0.05) is 32.4 Å². The van der Waals surface area contributed by atoms with Gasteiger partial charge in [0.05, 0.1) is 6.10 Å². The summed E-state index contributed by atoms with van der Waals surface area (Å²) < 4.78 is 12.7. The summed E-state index contributed by atoms with van der Waals surface area (Å²) in [5, 5.41) is 13.3. The molecule has 3 heteroatoms. The lowest BCUT2D eigenvalue weighted by Crippen LogP contribution is -2.31. The van der Waals surface area contributed by atoms with Crippen LogP contribution in [0.25, 0.3) is 0 Å². The van der Waals surface area contributed by atoms with Crippen molar-refractivity contribution in [3.05, 3.63) is 35.6 Å². The molecule has 1 aromatic carbocycles. The van der Waals surface area contributed by atoms with Crippen molar-refractivity contribution in [2.45, 2.75) is 45.8 Å². The maximum absolute atomic E-state index is 12.7. The van der Waals surface area contributed by atoms with Crippen molar-refractivity contribution in [1.82, 2.24) is 5.32 Å². The summed E-state index contributed by atoms with van der Waals surface area (Å²) in [7, 11) is 0. The fourth-order valence-electron chi connectivity index (χ4n) is 1.97. The second-order valence-corrected chi connectivity index (χ2v) is 5.13. The molecule has 3 unspecified atom stereocenters. The molecule has 0 amide bonds. The molecule has 3 atom stereocenters. The Morgan fingerprint density at radius 3 is 2.39 bits per heavy atom. The molecule has 0 bridgehead atoms. The van der Waals surface area contributed by atoms with Crippen LogP contribution in [0.1, 0.15) is 45.3 Å². The summed E-state index contributed by atoms with van der Waals surface area (Å²) in [5.74, 6) is 0.416. The van der Waals surface area contributed by atoms with Gasteiger partial charge in [0.25, 0.3) is 0 Å². The van der Waals surface area contributed by atoms with Crippen LogP contribution in [0, 0.1) is 11.7 Å². The van der Waals surface area contributed by atoms with E-state index in [1.165, 1.54) is 18.6 Å². The van der Waals surface area contributed by atoms with Crippen LogP contribution in [0.3, 0.4) is 0 Å². The SMILES string of the molecule is CCC(C)CC(C)NCC(O)c1ccc(F)cc1. The number of aliphatic hydroxyl groups excluding tert-OH is 1. The molecule has 2 nitrogen and oxygen atoms in total. The van der Waals surface area contributed by atoms with Crippen LogP contribution in [0.15, 0.2) is 24.3 Å². The molecular weight excluding hydrogens is 229 g/mol. The van der Waals surface area contributed by atoms with E-state index in [-0.39, 0.29) is 5.82 Å². The first-order chi connectivity index (χ1) is 8.52. The molecule has 0 aliphatic carbocycles. The largest absolute Gasteiger partial charge is 0.387 e. The van der Waals surface area contributed by atoms with Gasteiger partial charge in [0, 0.05) is 12.6 Å². The monoisotopic (exact) mass is 253 g/mol. The number of benzene rings is 1. The van der Waals surface area contributed by atoms with Gasteiger partial charge in [-0.25, -0.2) is 4.39 Å². The molecule has 2 N–H and O–H groups in total. The highest BCUT2D eigenvalue weighted by Gasteiger charge is 2.11. The van der Waals surface area contributed by atoms with Crippen molar-refractivity contribution in [1.29, 1.82) is 0 Å². The Labute approximate surface area is 109 Å². The second-order valence-electron chi connectivity index (χ2n) is 5.13. The van der Waals surface area contributed by atoms with Crippen molar-refractivity contribution >= 4 is 0 Å². The summed E-state index contributed by atoms with van der Waals surface area (Å²) in [6, 6.07) is 6.39. The zero-order valence-electron chi connectivity index (χ0n) is 11.5. The molecule has 0 spiro atoms. The average molecular weight is 253 g/mol. The van der Waals surface area contributed by atoms with Gasteiger partial charge in [0.15, 0.2) is 0 Å². The molecule has 1 aromatic rings. The van der Waals surface area contributed by atoms with Gasteiger partial charge in [-0.15, -0.1) is 0 Å². The number of aliphatic hydroxyl groups is 1. The summed E-state index contributed by atoms with van der Waals surface area (Å²) in [6.07, 6.45) is 1.70. The fourth-order valence-corrected chi connectivity index (χ4v) is 1.97. The molecule has 102 valence electrons. The van der Waals surface area contributed by atoms with E-state index in [0.717, 1.165) is 12.0 Å². The number of halogens is 1. The van der Waals surface area contributed by atoms with Crippen molar-refractivity contribution < 1.29 is 9.50 Å². The predicted octanol–water partition coefficient (Wildman–Crippen LogP) is 3.27. The molecule has 18 heavy (non-hydrogen) atoms. The summed E-state index contributed by atoms with van der Waals surface area (Å²) >= 11 is 0. The molecular formula is C15H24FNO. The van der Waals surface area contributed by atoms with Crippen LogP contribution in [0.2, 0.25) is 0 Å². The topological polar surface area (TPSA) is 32.3 Å². The zero-order valence-corrected chi connectivity index (χ0v) is 11.5. The van der Waals surface area contributed by atoms with Gasteiger partial charge in [0.1, 0.15) is 5.82 Å². The predicted molar refractivity (Wildman–Crippen MR) is 72.9 cm³/mol. The lowest BCUT2D eigenvalue weighted by atomic mass is 10.00. The maximum Gasteiger partial charge on any atom is 0.123 e. The van der Waals surface area contributed by atoms with Crippen LogP contribution in [0.4, 0.5) is 4.39 Å². The molecule has 0 aliphatic rings. The molecule has 0 heterocycles. The van der Waals surface area contributed by atoms with Gasteiger partial charge in [-0.2, -0.15) is 0 Å². The molecule has 0 fully saturated rings. The number of rotatable bonds is 7. The van der Waals surface area contributed by atoms with Gasteiger partial charge < -0.3 is 10.4 Å². The van der Waals surface area contributed by atoms with Crippen LogP contribution < -0.4 is 5.32 Å². The van der Waals surface area contributed by atoms with Gasteiger partial charge in [-0.3, -0.25) is 0 Å². The first kappa shape index (κ1) is 15.1. The Hall–Kier alpha value is -0.930. The summed E-state index contributed by atoms with van der Waals surface area (Å²) in [4.78, 5) is 0. The van der Waals surface area contributed by atoms with Crippen molar-refractivity contribution in [3.63, 3.8) is 0 Å². The van der Waals surface area contributed by atoms with Gasteiger partial charge >= 0.3 is 0 Å². The Morgan fingerprint density at radius 1 is 1.22 bits per heavy atom. The standard InChI is InChI=1S/C15H24FNO/c1-4-11(2)9-12(3)17-10-15(18)13-5-7-14(16)8-6-13/h5-8,11-12,15,17-18H,4,9-10H2,1-3H3. The molecule has 1 rings (SSSR count). The fraction of sp³-hybridized carbons (Fsp3) is 0.600. The highest BCUT2D eigenvalue weighted by atomic mass is 19.1. The average Bonchev–Trinajstić information content (AvgIpc) is 2.36. The van der Waals surface area contributed by atoms with Gasteiger partial charge in [-0.05, 0) is 37.0 Å². The Bertz CT molecular complexity index is 339. The van der Waals surface area contributed by atoms with Crippen molar-refractivity contribution in [3.8, 4) is 0 Å². The normalized spacial score (nSPS) is 16.3. The quantitative estimate of drug-likeness (QED) is 0.781. The highest BCUT2D eigenvalue weighted by molar-refractivity contribution is 5.18. The summed E-state index contributed by atoms with van der Waals surface area (Å²) in [6.45, 7) is 7.05. The Balaban J connectivity index is 2.36. The van der Waals surface area contributed by atoms with E-state index in [1.807, 2.05) is 0 Å². The number of hydrogen-bond donors (Lipinski definition) is 2. The number of hydrogen-bond acceptors (Lipinski definition) is 2. The molecule has 0 aromatic heterocycles. The minimum absolute atomic E-state index is 0.274. The first-order valence-electron chi connectivity index (χ1n) is 6.69. The number of nitrogens with one attached hydrogen (secondary N) is 1. The lowest BCUT2D eigenvalue weighted by molar-refractivity contribution is 0.168. The van der Waals surface area contributed by atoms with E-state index in [2.05, 4.69) is 26.1 Å². The van der Waals surface area contributed by atoms with Crippen LogP contribution in [0.5, 0.6) is 0 Å². The minimum Gasteiger partial charge on any atom is -0.387 e. The van der Waals surface area contributed by atoms with Gasteiger partial charge in [0.2, 0.25) is 0 Å². The molecule has 0 saturated carbocycles. The van der Waals surface area contributed by atoms with Crippen LogP contribution in [-0.4, -0.2) is 17.7 Å². The van der Waals surface area contributed by atoms with E-state index >= 15 is 0 Å². The summed E-state index contributed by atoms with van der Waals surface area (Å²) in [5.41, 5.74) is 0.750. The van der Waals surface area contributed by atoms with E-state index in [1.54, 1.807) is 12.1 Å². The zero-order chi connectivity index (χ0) is 13.5. The second kappa shape index (κ2) is 7.49. The van der Waals surface area contributed by atoms with Crippen LogP contribution in [-0.2, 0) is 0 Å². The third kappa shape index (κ3) is 5.15. The molecule has 0 aliphatic heterocycles. The first-order valence-corrected chi connectivity index (χ1v) is 6.69. The Morgan fingerprint density at radius 2 is 1.83 bits per heavy atom. The van der Waals surface area contributed by atoms with E-state index in [9.17, 15) is 9.50 Å². The maximum atomic E-state index is 12.7. The van der Waals surface area contributed by atoms with Crippen molar-refractivity contribution in [2.75, 3.05) is 6.54 Å². The Kier molecular flexibility index (Phi) is 6.30.